The van der Waals surface area contributed by atoms with Gasteiger partial charge in [0, 0.05) is 25.0 Å². The van der Waals surface area contributed by atoms with E-state index < -0.39 is 26.9 Å². The minimum atomic E-state index is -3.83. The molecule has 148 valence electrons. The molecule has 3 rings (SSSR count). The van der Waals surface area contributed by atoms with Crippen LogP contribution in [-0.4, -0.2) is 37.8 Å². The molecule has 28 heavy (non-hydrogen) atoms. The first-order valence-corrected chi connectivity index (χ1v) is 10.6. The van der Waals surface area contributed by atoms with Crippen LogP contribution in [0, 0.1) is 13.8 Å². The smallest absolute Gasteiger partial charge is 0.309 e. The fraction of sp³-hybridized carbons (Fsp3) is 0.350. The first-order valence-electron chi connectivity index (χ1n) is 9.09. The molecule has 0 bridgehead atoms. The average Bonchev–Trinajstić information content (AvgIpc) is 3.48. The normalized spacial score (nSPS) is 14.9. The predicted molar refractivity (Wildman–Crippen MR) is 104 cm³/mol. The zero-order chi connectivity index (χ0) is 20.3. The van der Waals surface area contributed by atoms with Gasteiger partial charge in [-0.05, 0) is 55.5 Å². The Bertz CT molecular complexity index is 986. The molecule has 1 heterocycles. The second-order valence-corrected chi connectivity index (χ2v) is 9.15. The lowest BCUT2D eigenvalue weighted by Gasteiger charge is -2.20. The first-order chi connectivity index (χ1) is 13.3. The lowest BCUT2D eigenvalue weighted by atomic mass is 10.2. The van der Waals surface area contributed by atoms with Gasteiger partial charge in [-0.3, -0.25) is 14.6 Å². The number of carbonyl (C=O) groups excluding carboxylic acids is 2. The first kappa shape index (κ1) is 20.0. The van der Waals surface area contributed by atoms with Crippen LogP contribution in [0.25, 0.3) is 0 Å². The Morgan fingerprint density at radius 1 is 1.18 bits per heavy atom. The number of nitrogens with one attached hydrogen (secondary N) is 2. The second kappa shape index (κ2) is 8.10. The van der Waals surface area contributed by atoms with Crippen LogP contribution in [0.5, 0.6) is 0 Å². The molecule has 0 spiro atoms. The van der Waals surface area contributed by atoms with Crippen LogP contribution in [0.2, 0.25) is 0 Å². The van der Waals surface area contributed by atoms with E-state index in [0.29, 0.717) is 11.1 Å². The Morgan fingerprint density at radius 3 is 2.57 bits per heavy atom. The van der Waals surface area contributed by atoms with Crippen LogP contribution in [0.4, 0.5) is 0 Å². The SMILES string of the molecule is Cc1ccc(C)c(S(=O)(=O)[C@H](CNC(=O)C(=O)NC2CC2)c2cccnc2)c1. The Kier molecular flexibility index (Phi) is 5.79. The lowest BCUT2D eigenvalue weighted by molar-refractivity contribution is -0.139. The molecule has 1 atom stereocenters. The van der Waals surface area contributed by atoms with Crippen LogP contribution in [0.15, 0.2) is 47.6 Å². The number of benzene rings is 1. The predicted octanol–water partition coefficient (Wildman–Crippen LogP) is 1.61. The van der Waals surface area contributed by atoms with Gasteiger partial charge in [0.15, 0.2) is 9.84 Å². The molecule has 0 radical (unpaired) electrons. The van der Waals surface area contributed by atoms with Crippen molar-refractivity contribution in [3.05, 3.63) is 59.4 Å². The molecule has 1 aliphatic rings. The Labute approximate surface area is 164 Å². The monoisotopic (exact) mass is 401 g/mol. The number of hydrogen-bond acceptors (Lipinski definition) is 5. The quantitative estimate of drug-likeness (QED) is 0.716. The number of amides is 2. The number of aromatic nitrogens is 1. The maximum Gasteiger partial charge on any atom is 0.309 e. The molecule has 1 saturated carbocycles. The molecule has 0 saturated heterocycles. The number of carbonyl (C=O) groups is 2. The minimum Gasteiger partial charge on any atom is -0.346 e. The van der Waals surface area contributed by atoms with E-state index in [1.807, 2.05) is 13.0 Å². The highest BCUT2D eigenvalue weighted by Crippen LogP contribution is 2.30. The fourth-order valence-electron chi connectivity index (χ4n) is 2.88. The topological polar surface area (TPSA) is 105 Å². The number of hydrogen-bond donors (Lipinski definition) is 2. The molecule has 0 unspecified atom stereocenters. The maximum absolute atomic E-state index is 13.4. The van der Waals surface area contributed by atoms with Crippen molar-refractivity contribution in [3.63, 3.8) is 0 Å². The minimum absolute atomic E-state index is 0.0473. The third-order valence-corrected chi connectivity index (χ3v) is 6.89. The summed E-state index contributed by atoms with van der Waals surface area (Å²) < 4.78 is 26.8. The summed E-state index contributed by atoms with van der Waals surface area (Å²) in [6, 6.07) is 8.56. The van der Waals surface area contributed by atoms with Gasteiger partial charge in [0.1, 0.15) is 5.25 Å². The van der Waals surface area contributed by atoms with Gasteiger partial charge in [0.05, 0.1) is 4.90 Å². The second-order valence-electron chi connectivity index (χ2n) is 7.05. The van der Waals surface area contributed by atoms with Crippen molar-refractivity contribution < 1.29 is 18.0 Å². The highest BCUT2D eigenvalue weighted by molar-refractivity contribution is 7.91. The van der Waals surface area contributed by atoms with Crippen LogP contribution in [0.1, 0.15) is 34.8 Å². The average molecular weight is 401 g/mol. The summed E-state index contributed by atoms with van der Waals surface area (Å²) >= 11 is 0. The molecule has 2 amide bonds. The van der Waals surface area contributed by atoms with Gasteiger partial charge in [-0.1, -0.05) is 18.2 Å². The molecule has 7 nitrogen and oxygen atoms in total. The molecule has 1 aromatic heterocycles. The lowest BCUT2D eigenvalue weighted by Crippen LogP contribution is -2.43. The molecule has 1 aliphatic carbocycles. The maximum atomic E-state index is 13.4. The molecular weight excluding hydrogens is 378 g/mol. The zero-order valence-electron chi connectivity index (χ0n) is 15.8. The number of sulfone groups is 1. The van der Waals surface area contributed by atoms with Gasteiger partial charge >= 0.3 is 11.8 Å². The summed E-state index contributed by atoms with van der Waals surface area (Å²) in [7, 11) is -3.83. The summed E-state index contributed by atoms with van der Waals surface area (Å²) in [5.41, 5.74) is 1.89. The van der Waals surface area contributed by atoms with Crippen molar-refractivity contribution in [1.82, 2.24) is 15.6 Å². The number of nitrogens with zero attached hydrogens (tertiary/aromatic N) is 1. The fourth-order valence-corrected chi connectivity index (χ4v) is 4.86. The van der Waals surface area contributed by atoms with E-state index >= 15 is 0 Å². The summed E-state index contributed by atoms with van der Waals surface area (Å²) in [5.74, 6) is -1.58. The molecule has 1 aromatic carbocycles. The van der Waals surface area contributed by atoms with Gasteiger partial charge in [0.25, 0.3) is 0 Å². The van der Waals surface area contributed by atoms with Crippen molar-refractivity contribution in [1.29, 1.82) is 0 Å². The number of pyridine rings is 1. The number of aryl methyl sites for hydroxylation is 2. The molecule has 2 aromatic rings. The summed E-state index contributed by atoms with van der Waals surface area (Å²) in [5, 5.41) is 4.00. The summed E-state index contributed by atoms with van der Waals surface area (Å²) in [6.07, 6.45) is 4.73. The largest absolute Gasteiger partial charge is 0.346 e. The van der Waals surface area contributed by atoms with E-state index in [-0.39, 0.29) is 17.5 Å². The molecule has 8 heteroatoms. The van der Waals surface area contributed by atoms with Crippen molar-refractivity contribution in [2.24, 2.45) is 0 Å². The molecular formula is C20H23N3O4S. The molecule has 2 N–H and O–H groups in total. The van der Waals surface area contributed by atoms with Crippen molar-refractivity contribution in [3.8, 4) is 0 Å². The third kappa shape index (κ3) is 4.56. The molecule has 1 fully saturated rings. The van der Waals surface area contributed by atoms with E-state index in [4.69, 9.17) is 0 Å². The van der Waals surface area contributed by atoms with Gasteiger partial charge in [0.2, 0.25) is 0 Å². The van der Waals surface area contributed by atoms with E-state index in [1.54, 1.807) is 37.4 Å². The van der Waals surface area contributed by atoms with Crippen molar-refractivity contribution in [2.45, 2.75) is 42.9 Å². The van der Waals surface area contributed by atoms with E-state index in [0.717, 1.165) is 18.4 Å². The molecule has 0 aliphatic heterocycles. The van der Waals surface area contributed by atoms with E-state index in [9.17, 15) is 18.0 Å². The standard InChI is InChI=1S/C20H23N3O4S/c1-13-5-6-14(2)17(10-13)28(26,27)18(15-4-3-9-21-11-15)12-22-19(24)20(25)23-16-7-8-16/h3-6,9-11,16,18H,7-8,12H2,1-2H3,(H,22,24)(H,23,25)/t18-/m1/s1. The van der Waals surface area contributed by atoms with Gasteiger partial charge in [-0.25, -0.2) is 8.42 Å². The highest BCUT2D eigenvalue weighted by atomic mass is 32.2. The van der Waals surface area contributed by atoms with Crippen LogP contribution >= 0.6 is 0 Å². The zero-order valence-corrected chi connectivity index (χ0v) is 16.6. The van der Waals surface area contributed by atoms with Crippen molar-refractivity contribution in [2.75, 3.05) is 6.54 Å². The van der Waals surface area contributed by atoms with Crippen LogP contribution in [0.3, 0.4) is 0 Å². The van der Waals surface area contributed by atoms with Crippen LogP contribution < -0.4 is 10.6 Å². The Balaban J connectivity index is 1.87. The summed E-state index contributed by atoms with van der Waals surface area (Å²) in [6.45, 7) is 3.33. The van der Waals surface area contributed by atoms with Gasteiger partial charge < -0.3 is 10.6 Å². The third-order valence-electron chi connectivity index (χ3n) is 4.65. The van der Waals surface area contributed by atoms with Crippen molar-refractivity contribution >= 4 is 21.7 Å². The Morgan fingerprint density at radius 2 is 1.93 bits per heavy atom. The highest BCUT2D eigenvalue weighted by Gasteiger charge is 2.32. The van der Waals surface area contributed by atoms with E-state index in [1.165, 1.54) is 6.20 Å². The summed E-state index contributed by atoms with van der Waals surface area (Å²) in [4.78, 5) is 28.2. The van der Waals surface area contributed by atoms with Crippen LogP contribution in [-0.2, 0) is 19.4 Å². The van der Waals surface area contributed by atoms with E-state index in [2.05, 4.69) is 15.6 Å². The Hall–Kier alpha value is -2.74. The number of rotatable bonds is 6. The van der Waals surface area contributed by atoms with Gasteiger partial charge in [-0.15, -0.1) is 0 Å². The van der Waals surface area contributed by atoms with Gasteiger partial charge in [-0.2, -0.15) is 0 Å².